The number of hydrogen-bond acceptors (Lipinski definition) is 3. The van der Waals surface area contributed by atoms with Crippen LogP contribution in [0.15, 0.2) is 71.3 Å². The lowest BCUT2D eigenvalue weighted by molar-refractivity contribution is -0.122. The fourth-order valence-corrected chi connectivity index (χ4v) is 5.64. The van der Waals surface area contributed by atoms with Gasteiger partial charge in [0.1, 0.15) is 5.82 Å². The van der Waals surface area contributed by atoms with Crippen molar-refractivity contribution in [3.63, 3.8) is 0 Å². The number of benzene rings is 2. The summed E-state index contributed by atoms with van der Waals surface area (Å²) >= 11 is 3.36. The van der Waals surface area contributed by atoms with E-state index in [1.807, 2.05) is 30.3 Å². The number of pyridine rings is 1. The van der Waals surface area contributed by atoms with Crippen LogP contribution in [0.4, 0.5) is 5.82 Å². The highest BCUT2D eigenvalue weighted by Gasteiger charge is 2.61. The zero-order chi connectivity index (χ0) is 19.0. The Morgan fingerprint density at radius 3 is 1.57 bits per heavy atom. The van der Waals surface area contributed by atoms with Gasteiger partial charge in [0.2, 0.25) is 11.8 Å². The first-order valence-electron chi connectivity index (χ1n) is 9.34. The highest BCUT2D eigenvalue weighted by Crippen LogP contribution is 2.61. The second-order valence-corrected chi connectivity index (χ2v) is 8.53. The van der Waals surface area contributed by atoms with E-state index in [2.05, 4.69) is 45.2 Å². The first-order chi connectivity index (χ1) is 13.7. The van der Waals surface area contributed by atoms with E-state index < -0.39 is 0 Å². The molecule has 1 saturated heterocycles. The number of hydrogen-bond donors (Lipinski definition) is 0. The number of imide groups is 1. The molecular formula is C23H15BrN2O2. The van der Waals surface area contributed by atoms with Gasteiger partial charge in [0, 0.05) is 22.5 Å². The van der Waals surface area contributed by atoms with E-state index in [0.29, 0.717) is 5.82 Å². The summed E-state index contributed by atoms with van der Waals surface area (Å²) in [7, 11) is 0. The van der Waals surface area contributed by atoms with Gasteiger partial charge in [-0.1, -0.05) is 48.5 Å². The number of anilines is 1. The van der Waals surface area contributed by atoms with Crippen molar-refractivity contribution in [2.75, 3.05) is 4.90 Å². The summed E-state index contributed by atoms with van der Waals surface area (Å²) < 4.78 is 0.813. The quantitative estimate of drug-likeness (QED) is 0.542. The molecule has 0 N–H and O–H groups in total. The molecule has 1 aliphatic heterocycles. The molecule has 7 rings (SSSR count). The summed E-state index contributed by atoms with van der Waals surface area (Å²) in [6.07, 6.45) is 1.62. The molecule has 1 fully saturated rings. The number of nitrogens with zero attached hydrogens (tertiary/aromatic N) is 2. The highest BCUT2D eigenvalue weighted by atomic mass is 79.9. The number of rotatable bonds is 1. The molecule has 1 aromatic heterocycles. The fourth-order valence-electron chi connectivity index (χ4n) is 5.40. The standard InChI is InChI=1S/C23H15BrN2O2/c24-12-9-10-17(25-11-12)26-22(27)20-18-13-5-1-2-6-14(13)19(21(20)23(26)28)16-8-4-3-7-15(16)18/h1-11,18-21H/t18?,19?,20-,21+. The van der Waals surface area contributed by atoms with E-state index in [4.69, 9.17) is 0 Å². The van der Waals surface area contributed by atoms with Crippen LogP contribution in [-0.4, -0.2) is 16.8 Å². The summed E-state index contributed by atoms with van der Waals surface area (Å²) in [6, 6.07) is 20.0. The van der Waals surface area contributed by atoms with E-state index >= 15 is 0 Å². The Morgan fingerprint density at radius 2 is 1.18 bits per heavy atom. The summed E-state index contributed by atoms with van der Waals surface area (Å²) in [4.78, 5) is 32.6. The van der Waals surface area contributed by atoms with Gasteiger partial charge >= 0.3 is 0 Å². The lowest BCUT2D eigenvalue weighted by Crippen LogP contribution is -2.41. The van der Waals surface area contributed by atoms with Crippen LogP contribution in [0.1, 0.15) is 34.1 Å². The maximum absolute atomic E-state index is 13.5. The van der Waals surface area contributed by atoms with Gasteiger partial charge in [-0.25, -0.2) is 9.88 Å². The van der Waals surface area contributed by atoms with E-state index in [1.165, 1.54) is 27.2 Å². The third-order valence-electron chi connectivity index (χ3n) is 6.39. The van der Waals surface area contributed by atoms with Crippen LogP contribution in [0.25, 0.3) is 0 Å². The number of aromatic nitrogens is 1. The van der Waals surface area contributed by atoms with Crippen LogP contribution in [0.5, 0.6) is 0 Å². The van der Waals surface area contributed by atoms with Crippen LogP contribution in [-0.2, 0) is 9.59 Å². The molecule has 2 bridgehead atoms. The molecule has 4 aliphatic rings. The SMILES string of the molecule is O=C1[C@@H]2C3c4ccccc4C(c4ccccc43)[C@@H]2C(=O)N1c1ccc(Br)cn1. The van der Waals surface area contributed by atoms with Gasteiger partial charge in [-0.3, -0.25) is 9.59 Å². The number of amides is 2. The predicted molar refractivity (Wildman–Crippen MR) is 108 cm³/mol. The summed E-state index contributed by atoms with van der Waals surface area (Å²) in [5, 5.41) is 0. The molecule has 2 amide bonds. The third kappa shape index (κ3) is 1.92. The molecule has 2 heterocycles. The first kappa shape index (κ1) is 16.2. The molecule has 0 unspecified atom stereocenters. The van der Waals surface area contributed by atoms with Crippen molar-refractivity contribution >= 4 is 33.6 Å². The van der Waals surface area contributed by atoms with Gasteiger partial charge < -0.3 is 0 Å². The van der Waals surface area contributed by atoms with Gasteiger partial charge in [0.15, 0.2) is 0 Å². The van der Waals surface area contributed by atoms with Crippen LogP contribution in [0, 0.1) is 11.8 Å². The predicted octanol–water partition coefficient (Wildman–Crippen LogP) is 4.24. The van der Waals surface area contributed by atoms with Crippen molar-refractivity contribution in [2.24, 2.45) is 11.8 Å². The zero-order valence-corrected chi connectivity index (χ0v) is 16.3. The minimum Gasteiger partial charge on any atom is -0.274 e. The molecule has 4 nitrogen and oxygen atoms in total. The number of carbonyl (C=O) groups excluding carboxylic acids is 2. The van der Waals surface area contributed by atoms with Gasteiger partial charge in [0.25, 0.3) is 0 Å². The van der Waals surface area contributed by atoms with Crippen molar-refractivity contribution in [1.29, 1.82) is 0 Å². The van der Waals surface area contributed by atoms with Crippen molar-refractivity contribution in [2.45, 2.75) is 11.8 Å². The maximum Gasteiger partial charge on any atom is 0.239 e. The lowest BCUT2D eigenvalue weighted by Gasteiger charge is -2.45. The Kier molecular flexibility index (Phi) is 3.24. The second-order valence-electron chi connectivity index (χ2n) is 7.61. The summed E-state index contributed by atoms with van der Waals surface area (Å²) in [6.45, 7) is 0. The van der Waals surface area contributed by atoms with Gasteiger partial charge in [-0.05, 0) is 50.3 Å². The molecule has 28 heavy (non-hydrogen) atoms. The molecular weight excluding hydrogens is 416 g/mol. The molecule has 5 heteroatoms. The van der Waals surface area contributed by atoms with E-state index in [-0.39, 0.29) is 35.5 Å². The minimum absolute atomic E-state index is 0.0840. The molecule has 2 atom stereocenters. The van der Waals surface area contributed by atoms with Crippen molar-refractivity contribution in [1.82, 2.24) is 4.98 Å². The van der Waals surface area contributed by atoms with Crippen molar-refractivity contribution in [3.8, 4) is 0 Å². The van der Waals surface area contributed by atoms with Crippen molar-refractivity contribution < 1.29 is 9.59 Å². The average molecular weight is 431 g/mol. The van der Waals surface area contributed by atoms with E-state index in [1.54, 1.807) is 12.3 Å². The molecule has 3 aromatic rings. The number of halogens is 1. The Bertz CT molecular complexity index is 1040. The van der Waals surface area contributed by atoms with Gasteiger partial charge in [0.05, 0.1) is 11.8 Å². The molecule has 0 saturated carbocycles. The topological polar surface area (TPSA) is 50.3 Å². The Morgan fingerprint density at radius 1 is 0.714 bits per heavy atom. The molecule has 0 radical (unpaired) electrons. The van der Waals surface area contributed by atoms with E-state index in [9.17, 15) is 9.59 Å². The summed E-state index contributed by atoms with van der Waals surface area (Å²) in [5.74, 6) is -0.771. The van der Waals surface area contributed by atoms with Gasteiger partial charge in [-0.15, -0.1) is 0 Å². The second kappa shape index (κ2) is 5.61. The molecule has 0 spiro atoms. The normalized spacial score (nSPS) is 26.8. The highest BCUT2D eigenvalue weighted by molar-refractivity contribution is 9.10. The maximum atomic E-state index is 13.5. The average Bonchev–Trinajstić information content (AvgIpc) is 3.00. The fraction of sp³-hybridized carbons (Fsp3) is 0.174. The van der Waals surface area contributed by atoms with Crippen LogP contribution in [0.2, 0.25) is 0 Å². The van der Waals surface area contributed by atoms with E-state index in [0.717, 1.165) is 4.47 Å². The molecule has 136 valence electrons. The Hall–Kier alpha value is -2.79. The summed E-state index contributed by atoms with van der Waals surface area (Å²) in [5.41, 5.74) is 4.72. The largest absolute Gasteiger partial charge is 0.274 e. The Balaban J connectivity index is 1.57. The minimum atomic E-state index is -0.368. The molecule has 3 aliphatic carbocycles. The van der Waals surface area contributed by atoms with Crippen LogP contribution < -0.4 is 4.90 Å². The Labute approximate surface area is 170 Å². The van der Waals surface area contributed by atoms with Crippen molar-refractivity contribution in [3.05, 3.63) is 93.6 Å². The molecule has 2 aromatic carbocycles. The lowest BCUT2D eigenvalue weighted by atomic mass is 9.55. The van der Waals surface area contributed by atoms with Crippen LogP contribution in [0.3, 0.4) is 0 Å². The first-order valence-corrected chi connectivity index (χ1v) is 10.1. The van der Waals surface area contributed by atoms with Gasteiger partial charge in [-0.2, -0.15) is 0 Å². The monoisotopic (exact) mass is 430 g/mol. The smallest absolute Gasteiger partial charge is 0.239 e. The number of carbonyl (C=O) groups is 2. The zero-order valence-electron chi connectivity index (χ0n) is 14.7. The van der Waals surface area contributed by atoms with Crippen LogP contribution >= 0.6 is 15.9 Å². The third-order valence-corrected chi connectivity index (χ3v) is 6.86.